The number of benzene rings is 2. The molecule has 2 atom stereocenters. The van der Waals surface area contributed by atoms with Crippen LogP contribution >= 0.6 is 0 Å². The van der Waals surface area contributed by atoms with Crippen LogP contribution in [0.5, 0.6) is 23.0 Å². The molecule has 350 valence electrons. The van der Waals surface area contributed by atoms with E-state index in [4.69, 9.17) is 18.9 Å². The van der Waals surface area contributed by atoms with Gasteiger partial charge in [-0.3, -0.25) is 19.2 Å². The van der Waals surface area contributed by atoms with Crippen LogP contribution in [-0.2, 0) is 19.2 Å². The molecule has 0 bridgehead atoms. The molecule has 0 aromatic heterocycles. The predicted molar refractivity (Wildman–Crippen MR) is 245 cm³/mol. The Labute approximate surface area is 372 Å². The maximum absolute atomic E-state index is 12.5. The van der Waals surface area contributed by atoms with Gasteiger partial charge in [0.2, 0.25) is 0 Å². The molecule has 0 saturated carbocycles. The van der Waals surface area contributed by atoms with Crippen molar-refractivity contribution in [1.82, 2.24) is 10.6 Å². The standard InChI is InChI=1S/C50H80N2O10/c1-5-9-13-19-25-47(55)59-41-31-39(32-42(35-41)60-48(56)26-20-14-10-6-2)45(53)37-51-29-23-17-18-24-30-52-38-46(54)40-33-43(61-49(57)27-21-15-11-7-3)36-44(34-40)62-50(58)28-22-16-12-8-4/h31-36,45-46,51-54H,5-30,37-38H2,1-4H3. The van der Waals surface area contributed by atoms with E-state index in [2.05, 4.69) is 38.3 Å². The van der Waals surface area contributed by atoms with Crippen LogP contribution in [0.1, 0.15) is 205 Å². The number of carbonyl (C=O) groups excluding carboxylic acids is 4. The maximum atomic E-state index is 12.5. The molecule has 4 N–H and O–H groups in total. The zero-order valence-corrected chi connectivity index (χ0v) is 38.6. The third-order valence-electron chi connectivity index (χ3n) is 10.6. The van der Waals surface area contributed by atoms with Crippen LogP contribution < -0.4 is 29.6 Å². The molecule has 62 heavy (non-hydrogen) atoms. The highest BCUT2D eigenvalue weighted by atomic mass is 16.6. The highest BCUT2D eigenvalue weighted by Crippen LogP contribution is 2.29. The molecule has 0 radical (unpaired) electrons. The van der Waals surface area contributed by atoms with Gasteiger partial charge >= 0.3 is 23.9 Å². The van der Waals surface area contributed by atoms with Crippen LogP contribution in [0.15, 0.2) is 36.4 Å². The lowest BCUT2D eigenvalue weighted by Crippen LogP contribution is -2.23. The fourth-order valence-electron chi connectivity index (χ4n) is 6.89. The van der Waals surface area contributed by atoms with Crippen molar-refractivity contribution in [2.24, 2.45) is 0 Å². The Morgan fingerprint density at radius 3 is 0.919 bits per heavy atom. The fraction of sp³-hybridized carbons (Fsp3) is 0.680. The Kier molecular flexibility index (Phi) is 30.3. The number of unbranched alkanes of at least 4 members (excludes halogenated alkanes) is 15. The molecule has 0 aliphatic rings. The number of aliphatic hydroxyl groups is 2. The second kappa shape index (κ2) is 34.6. The van der Waals surface area contributed by atoms with Crippen molar-refractivity contribution in [3.05, 3.63) is 47.5 Å². The van der Waals surface area contributed by atoms with Crippen LogP contribution in [0, 0.1) is 0 Å². The number of carbonyl (C=O) groups is 4. The number of ether oxygens (including phenoxy) is 4. The Morgan fingerprint density at radius 1 is 0.403 bits per heavy atom. The summed E-state index contributed by atoms with van der Waals surface area (Å²) in [6.07, 6.45) is 18.4. The quantitative estimate of drug-likeness (QED) is 0.0288. The molecule has 0 fully saturated rings. The Balaban J connectivity index is 1.83. The molecule has 0 aliphatic carbocycles. The highest BCUT2D eigenvalue weighted by Gasteiger charge is 2.17. The third-order valence-corrected chi connectivity index (χ3v) is 10.6. The van der Waals surface area contributed by atoms with Crippen LogP contribution in [0.2, 0.25) is 0 Å². The van der Waals surface area contributed by atoms with Gasteiger partial charge in [-0.15, -0.1) is 0 Å². The smallest absolute Gasteiger partial charge is 0.311 e. The molecule has 0 aliphatic heterocycles. The minimum Gasteiger partial charge on any atom is -0.426 e. The summed E-state index contributed by atoms with van der Waals surface area (Å²) >= 11 is 0. The molecule has 12 heteroatoms. The van der Waals surface area contributed by atoms with Gasteiger partial charge in [0.1, 0.15) is 23.0 Å². The van der Waals surface area contributed by atoms with Gasteiger partial charge in [0, 0.05) is 50.9 Å². The van der Waals surface area contributed by atoms with Gasteiger partial charge in [0.25, 0.3) is 0 Å². The van der Waals surface area contributed by atoms with Crippen LogP contribution in [0.25, 0.3) is 0 Å². The van der Waals surface area contributed by atoms with Crippen LogP contribution in [0.4, 0.5) is 0 Å². The Morgan fingerprint density at radius 2 is 0.661 bits per heavy atom. The molecule has 2 rings (SSSR count). The molecule has 2 unspecified atom stereocenters. The van der Waals surface area contributed by atoms with Crippen molar-refractivity contribution < 1.29 is 48.3 Å². The van der Waals surface area contributed by atoms with E-state index >= 15 is 0 Å². The lowest BCUT2D eigenvalue weighted by molar-refractivity contribution is -0.136. The number of hydrogen-bond acceptors (Lipinski definition) is 12. The summed E-state index contributed by atoms with van der Waals surface area (Å²) in [6.45, 7) is 10.4. The summed E-state index contributed by atoms with van der Waals surface area (Å²) in [5.41, 5.74) is 0.993. The van der Waals surface area contributed by atoms with E-state index in [0.29, 0.717) is 49.9 Å². The molecular weight excluding hydrogens is 789 g/mol. The van der Waals surface area contributed by atoms with E-state index in [0.717, 1.165) is 128 Å². The number of rotatable bonds is 37. The molecule has 12 nitrogen and oxygen atoms in total. The molecule has 2 aromatic rings. The topological polar surface area (TPSA) is 170 Å². The van der Waals surface area contributed by atoms with Crippen molar-refractivity contribution >= 4 is 23.9 Å². The van der Waals surface area contributed by atoms with Gasteiger partial charge < -0.3 is 39.8 Å². The average Bonchev–Trinajstić information content (AvgIpc) is 3.24. The van der Waals surface area contributed by atoms with Crippen LogP contribution in [-0.4, -0.2) is 60.3 Å². The fourth-order valence-corrected chi connectivity index (χ4v) is 6.89. The third kappa shape index (κ3) is 25.9. The summed E-state index contributed by atoms with van der Waals surface area (Å²) in [5, 5.41) is 28.7. The zero-order valence-electron chi connectivity index (χ0n) is 38.6. The lowest BCUT2D eigenvalue weighted by atomic mass is 10.1. The minimum atomic E-state index is -0.905. The first kappa shape index (κ1) is 54.3. The summed E-state index contributed by atoms with van der Waals surface area (Å²) < 4.78 is 22.4. The normalized spacial score (nSPS) is 12.2. The van der Waals surface area contributed by atoms with E-state index in [1.807, 2.05) is 0 Å². The average molecular weight is 869 g/mol. The van der Waals surface area contributed by atoms with E-state index in [-0.39, 0.29) is 60.0 Å². The van der Waals surface area contributed by atoms with Crippen molar-refractivity contribution in [2.45, 2.75) is 194 Å². The van der Waals surface area contributed by atoms with Gasteiger partial charge in [-0.25, -0.2) is 0 Å². The second-order valence-corrected chi connectivity index (χ2v) is 16.5. The SMILES string of the molecule is CCCCCCC(=O)Oc1cc(OC(=O)CCCCCC)cc(C(O)CNCCCCCCNCC(O)c2cc(OC(=O)CCCCCC)cc(OC(=O)CCCCCC)c2)c1. The van der Waals surface area contributed by atoms with E-state index < -0.39 is 12.2 Å². The first-order valence-electron chi connectivity index (χ1n) is 24.0. The maximum Gasteiger partial charge on any atom is 0.311 e. The zero-order chi connectivity index (χ0) is 45.2. The van der Waals surface area contributed by atoms with Gasteiger partial charge in [0.05, 0.1) is 12.2 Å². The first-order chi connectivity index (χ1) is 30.1. The lowest BCUT2D eigenvalue weighted by Gasteiger charge is -2.16. The van der Waals surface area contributed by atoms with Gasteiger partial charge in [-0.2, -0.15) is 0 Å². The summed E-state index contributed by atoms with van der Waals surface area (Å²) in [7, 11) is 0. The number of esters is 4. The number of hydrogen-bond donors (Lipinski definition) is 4. The molecule has 2 aromatic carbocycles. The van der Waals surface area contributed by atoms with Crippen molar-refractivity contribution in [1.29, 1.82) is 0 Å². The monoisotopic (exact) mass is 869 g/mol. The molecular formula is C50H80N2O10. The summed E-state index contributed by atoms with van der Waals surface area (Å²) in [6, 6.07) is 9.59. The largest absolute Gasteiger partial charge is 0.426 e. The minimum absolute atomic E-state index is 0.248. The summed E-state index contributed by atoms with van der Waals surface area (Å²) in [4.78, 5) is 50.2. The van der Waals surface area contributed by atoms with Gasteiger partial charge in [-0.05, 0) is 87.0 Å². The van der Waals surface area contributed by atoms with Gasteiger partial charge in [0.15, 0.2) is 0 Å². The highest BCUT2D eigenvalue weighted by molar-refractivity contribution is 5.75. The van der Waals surface area contributed by atoms with E-state index in [1.54, 1.807) is 24.3 Å². The second-order valence-electron chi connectivity index (χ2n) is 16.5. The Bertz CT molecular complexity index is 1350. The first-order valence-corrected chi connectivity index (χ1v) is 24.0. The number of nitrogens with one attached hydrogen (secondary N) is 2. The van der Waals surface area contributed by atoms with Crippen molar-refractivity contribution in [2.75, 3.05) is 26.2 Å². The molecule has 0 heterocycles. The number of aliphatic hydroxyl groups excluding tert-OH is 2. The van der Waals surface area contributed by atoms with E-state index in [9.17, 15) is 29.4 Å². The Hall–Kier alpha value is -3.84. The predicted octanol–water partition coefficient (Wildman–Crippen LogP) is 10.7. The van der Waals surface area contributed by atoms with Crippen LogP contribution in [0.3, 0.4) is 0 Å². The summed E-state index contributed by atoms with van der Waals surface area (Å²) in [5.74, 6) is -0.420. The molecule has 0 saturated heterocycles. The van der Waals surface area contributed by atoms with Crippen molar-refractivity contribution in [3.8, 4) is 23.0 Å². The molecule has 0 spiro atoms. The van der Waals surface area contributed by atoms with E-state index in [1.165, 1.54) is 12.1 Å². The molecule has 0 amide bonds. The van der Waals surface area contributed by atoms with Gasteiger partial charge in [-0.1, -0.05) is 118 Å². The van der Waals surface area contributed by atoms with Crippen molar-refractivity contribution in [3.63, 3.8) is 0 Å².